The van der Waals surface area contributed by atoms with Crippen molar-refractivity contribution in [3.63, 3.8) is 0 Å². The van der Waals surface area contributed by atoms with Gasteiger partial charge in [0.1, 0.15) is 19.3 Å². The minimum Gasteiger partial charge on any atom is -0.756 e. The van der Waals surface area contributed by atoms with Crippen LogP contribution in [0.1, 0.15) is 142 Å². The van der Waals surface area contributed by atoms with Crippen LogP contribution in [0.25, 0.3) is 0 Å². The zero-order valence-electron chi connectivity index (χ0n) is 36.7. The van der Waals surface area contributed by atoms with E-state index in [1.807, 2.05) is 21.1 Å². The number of unbranched alkanes of at least 4 members (excludes halogenated alkanes) is 9. The number of hydrogen-bond donors (Lipinski definition) is 0. The Morgan fingerprint density at radius 1 is 0.544 bits per heavy atom. The Morgan fingerprint density at radius 2 is 0.965 bits per heavy atom. The molecule has 8 nitrogen and oxygen atoms in total. The molecule has 9 heteroatoms. The summed E-state index contributed by atoms with van der Waals surface area (Å²) in [7, 11) is 1.30. The molecule has 0 amide bonds. The monoisotopic (exact) mass is 816 g/mol. The highest BCUT2D eigenvalue weighted by Gasteiger charge is 2.20. The fourth-order valence-corrected chi connectivity index (χ4v) is 6.03. The third-order valence-corrected chi connectivity index (χ3v) is 9.59. The molecule has 0 fully saturated rings. The van der Waals surface area contributed by atoms with Crippen molar-refractivity contribution < 1.29 is 37.3 Å². The van der Waals surface area contributed by atoms with Gasteiger partial charge in [-0.2, -0.15) is 0 Å². The van der Waals surface area contributed by atoms with Gasteiger partial charge in [0.25, 0.3) is 7.82 Å². The maximum Gasteiger partial charge on any atom is 0.306 e. The van der Waals surface area contributed by atoms with E-state index in [-0.39, 0.29) is 26.2 Å². The summed E-state index contributed by atoms with van der Waals surface area (Å²) in [5.74, 6) is -0.398. The van der Waals surface area contributed by atoms with E-state index in [1.54, 1.807) is 0 Å². The van der Waals surface area contributed by atoms with Gasteiger partial charge >= 0.3 is 5.97 Å². The second-order valence-electron chi connectivity index (χ2n) is 15.3. The van der Waals surface area contributed by atoms with Crippen molar-refractivity contribution in [3.8, 4) is 0 Å². The molecular formula is C48H82NO7P. The quantitative estimate of drug-likeness (QED) is 0.0200. The van der Waals surface area contributed by atoms with Gasteiger partial charge in [-0.25, -0.2) is 0 Å². The average molecular weight is 816 g/mol. The number of hydrogen-bond acceptors (Lipinski definition) is 7. The summed E-state index contributed by atoms with van der Waals surface area (Å²) in [5.41, 5.74) is 0. The topological polar surface area (TPSA) is 94.1 Å². The van der Waals surface area contributed by atoms with Crippen LogP contribution in [0.5, 0.6) is 0 Å². The zero-order chi connectivity index (χ0) is 42.0. The molecule has 0 rings (SSSR count). The molecule has 0 aromatic carbocycles. The lowest BCUT2D eigenvalue weighted by molar-refractivity contribution is -0.870. The van der Waals surface area contributed by atoms with Crippen LogP contribution < -0.4 is 4.89 Å². The van der Waals surface area contributed by atoms with Crippen molar-refractivity contribution in [2.75, 3.05) is 54.1 Å². The predicted octanol–water partition coefficient (Wildman–Crippen LogP) is 12.4. The molecule has 0 saturated heterocycles. The molecule has 0 aliphatic heterocycles. The van der Waals surface area contributed by atoms with Crippen LogP contribution in [-0.2, 0) is 27.9 Å². The van der Waals surface area contributed by atoms with Crippen LogP contribution in [0.3, 0.4) is 0 Å². The van der Waals surface area contributed by atoms with Gasteiger partial charge in [-0.1, -0.05) is 150 Å². The lowest BCUT2D eigenvalue weighted by Gasteiger charge is -2.28. The molecule has 0 spiro atoms. The fraction of sp³-hybridized carbons (Fsp3) is 0.646. The number of allylic oxidation sites excluding steroid dienone is 16. The molecular weight excluding hydrogens is 734 g/mol. The first-order chi connectivity index (χ1) is 27.6. The first-order valence-electron chi connectivity index (χ1n) is 22.0. The van der Waals surface area contributed by atoms with Gasteiger partial charge in [0, 0.05) is 13.0 Å². The summed E-state index contributed by atoms with van der Waals surface area (Å²) in [5, 5.41) is 0. The molecule has 2 unspecified atom stereocenters. The average Bonchev–Trinajstić information content (AvgIpc) is 3.16. The molecule has 2 atom stereocenters. The molecule has 0 saturated carbocycles. The molecule has 57 heavy (non-hydrogen) atoms. The third kappa shape index (κ3) is 44.4. The van der Waals surface area contributed by atoms with Crippen molar-refractivity contribution in [2.24, 2.45) is 0 Å². The Balaban J connectivity index is 4.36. The van der Waals surface area contributed by atoms with E-state index < -0.39 is 19.9 Å². The second-order valence-corrected chi connectivity index (χ2v) is 16.7. The van der Waals surface area contributed by atoms with E-state index in [0.29, 0.717) is 24.1 Å². The standard InChI is InChI=1S/C48H82NO7P/c1-6-8-10-12-14-16-18-20-22-24-26-28-30-32-34-36-38-40-43-53-45-47(46-55-57(51,52)54-44-42-49(3,4)5)56-48(50)41-39-37-35-33-31-29-27-25-23-21-19-17-15-13-11-9-7-2/h8-11,14-17,20-23,27,29,33,35,47H,6-7,12-13,18-19,24-26,28,30-32,34,36-46H2,1-5H3/b10-8-,11-9-,16-14-,17-15-,22-20-,23-21-,29-27-,35-33-. The SMILES string of the molecule is CC/C=C\C/C=C\C/C=C\C/C=C\C/C=C\CCCC(=O)OC(COCCCCCCCCCC/C=C\C/C=C\C/C=C\CC)COP(=O)([O-])OCC[N+](C)(C)C. The summed E-state index contributed by atoms with van der Waals surface area (Å²) in [6, 6.07) is 0. The van der Waals surface area contributed by atoms with E-state index >= 15 is 0 Å². The van der Waals surface area contributed by atoms with Gasteiger partial charge in [-0.05, 0) is 83.5 Å². The number of quaternary nitrogens is 1. The Hall–Kier alpha value is -2.58. The normalized spacial score (nSPS) is 14.7. The van der Waals surface area contributed by atoms with Crippen molar-refractivity contribution >= 4 is 13.8 Å². The lowest BCUT2D eigenvalue weighted by atomic mass is 10.1. The number of carbonyl (C=O) groups excluding carboxylic acids is 1. The molecule has 0 N–H and O–H groups in total. The molecule has 326 valence electrons. The van der Waals surface area contributed by atoms with Gasteiger partial charge in [0.2, 0.25) is 0 Å². The van der Waals surface area contributed by atoms with E-state index in [1.165, 1.54) is 32.1 Å². The van der Waals surface area contributed by atoms with Crippen molar-refractivity contribution in [2.45, 2.75) is 148 Å². The van der Waals surface area contributed by atoms with Crippen molar-refractivity contribution in [1.82, 2.24) is 0 Å². The number of ether oxygens (including phenoxy) is 2. The minimum atomic E-state index is -4.55. The Morgan fingerprint density at radius 3 is 1.44 bits per heavy atom. The molecule has 0 bridgehead atoms. The van der Waals surface area contributed by atoms with E-state index in [0.717, 1.165) is 83.5 Å². The molecule has 0 heterocycles. The van der Waals surface area contributed by atoms with Gasteiger partial charge in [-0.3, -0.25) is 9.36 Å². The number of phosphoric acid groups is 1. The van der Waals surface area contributed by atoms with Gasteiger partial charge < -0.3 is 27.9 Å². The van der Waals surface area contributed by atoms with Crippen molar-refractivity contribution in [1.29, 1.82) is 0 Å². The molecule has 0 aromatic rings. The molecule has 0 aliphatic rings. The first kappa shape index (κ1) is 54.4. The summed E-state index contributed by atoms with van der Waals surface area (Å²) in [6.45, 7) is 5.06. The summed E-state index contributed by atoms with van der Waals surface area (Å²) >= 11 is 0. The molecule has 0 aromatic heterocycles. The number of phosphoric ester groups is 1. The van der Waals surface area contributed by atoms with Crippen LogP contribution in [0, 0.1) is 0 Å². The minimum absolute atomic E-state index is 0.00812. The lowest BCUT2D eigenvalue weighted by Crippen LogP contribution is -2.37. The maximum atomic E-state index is 12.7. The Bertz CT molecular complexity index is 1230. The largest absolute Gasteiger partial charge is 0.756 e. The van der Waals surface area contributed by atoms with E-state index in [2.05, 4.69) is 111 Å². The Labute approximate surface area is 349 Å². The highest BCUT2D eigenvalue weighted by Crippen LogP contribution is 2.38. The van der Waals surface area contributed by atoms with Gasteiger partial charge in [-0.15, -0.1) is 0 Å². The number of nitrogens with zero attached hydrogens (tertiary/aromatic N) is 1. The Kier molecular flexibility index (Phi) is 38.4. The number of rotatable bonds is 39. The highest BCUT2D eigenvalue weighted by atomic mass is 31.2. The van der Waals surface area contributed by atoms with Crippen LogP contribution in [-0.4, -0.2) is 70.7 Å². The second kappa shape index (κ2) is 40.2. The van der Waals surface area contributed by atoms with E-state index in [4.69, 9.17) is 18.5 Å². The van der Waals surface area contributed by atoms with E-state index in [9.17, 15) is 14.3 Å². The number of carbonyl (C=O) groups is 1. The van der Waals surface area contributed by atoms with Gasteiger partial charge in [0.15, 0.2) is 0 Å². The fourth-order valence-electron chi connectivity index (χ4n) is 5.30. The summed E-state index contributed by atoms with van der Waals surface area (Å²) in [4.78, 5) is 25.0. The third-order valence-electron chi connectivity index (χ3n) is 8.63. The predicted molar refractivity (Wildman–Crippen MR) is 240 cm³/mol. The van der Waals surface area contributed by atoms with Crippen LogP contribution >= 0.6 is 7.82 Å². The maximum absolute atomic E-state index is 12.7. The summed E-state index contributed by atoms with van der Waals surface area (Å²) < 4.78 is 34.5. The molecule has 0 aliphatic carbocycles. The van der Waals surface area contributed by atoms with Crippen LogP contribution in [0.2, 0.25) is 0 Å². The molecule has 0 radical (unpaired) electrons. The van der Waals surface area contributed by atoms with Crippen molar-refractivity contribution in [3.05, 3.63) is 97.2 Å². The zero-order valence-corrected chi connectivity index (χ0v) is 37.6. The van der Waals surface area contributed by atoms with Gasteiger partial charge in [0.05, 0.1) is 34.4 Å². The number of esters is 1. The first-order valence-corrected chi connectivity index (χ1v) is 23.4. The highest BCUT2D eigenvalue weighted by molar-refractivity contribution is 7.45. The smallest absolute Gasteiger partial charge is 0.306 e. The number of likely N-dealkylation sites (N-methyl/N-ethyl adjacent to an activating group) is 1. The van der Waals surface area contributed by atoms with Crippen LogP contribution in [0.15, 0.2) is 97.2 Å². The van der Waals surface area contributed by atoms with Crippen LogP contribution in [0.4, 0.5) is 0 Å². The summed E-state index contributed by atoms with van der Waals surface area (Å²) in [6.07, 6.45) is 54.3.